The van der Waals surface area contributed by atoms with Gasteiger partial charge in [0, 0.05) is 0 Å². The molecule has 2 aromatic carbocycles. The van der Waals surface area contributed by atoms with Crippen LogP contribution in [-0.4, -0.2) is 41.2 Å². The Balaban J connectivity index is 1.57. The fraction of sp³-hybridized carbons (Fsp3) is 0.250. The molecule has 6 nitrogen and oxygen atoms in total. The zero-order valence-corrected chi connectivity index (χ0v) is 19.0. The number of aromatic nitrogens is 3. The number of hydrogen-bond donors (Lipinski definition) is 1. The Morgan fingerprint density at radius 3 is 2.10 bits per heavy atom. The third kappa shape index (κ3) is 4.06. The highest BCUT2D eigenvalue weighted by Gasteiger charge is 2.50. The maximum Gasteiger partial charge on any atom is 0.261 e. The molecule has 0 aliphatic heterocycles. The van der Waals surface area contributed by atoms with E-state index in [9.17, 15) is 5.11 Å². The van der Waals surface area contributed by atoms with Crippen LogP contribution in [0.3, 0.4) is 0 Å². The summed E-state index contributed by atoms with van der Waals surface area (Å²) in [4.78, 5) is 4.25. The van der Waals surface area contributed by atoms with Crippen molar-refractivity contribution in [2.75, 3.05) is 13.2 Å². The zero-order chi connectivity index (χ0) is 21.9. The third-order valence-electron chi connectivity index (χ3n) is 5.43. The highest BCUT2D eigenvalue weighted by molar-refractivity contribution is 6.99. The number of benzene rings is 2. The summed E-state index contributed by atoms with van der Waals surface area (Å²) in [7, 11) is -2.58. The average Bonchev–Trinajstić information content (AvgIpc) is 3.14. The first-order valence-corrected chi connectivity index (χ1v) is 12.2. The van der Waals surface area contributed by atoms with E-state index in [2.05, 4.69) is 79.4 Å². The number of aromatic hydroxyl groups is 1. The van der Waals surface area contributed by atoms with E-state index in [1.54, 1.807) is 16.9 Å². The monoisotopic (exact) mass is 433 g/mol. The van der Waals surface area contributed by atoms with Crippen LogP contribution >= 0.6 is 0 Å². The predicted molar refractivity (Wildman–Crippen MR) is 124 cm³/mol. The van der Waals surface area contributed by atoms with Crippen molar-refractivity contribution in [1.29, 1.82) is 0 Å². The lowest BCUT2D eigenvalue weighted by molar-refractivity contribution is 0.202. The number of ether oxygens (including phenoxy) is 1. The first-order chi connectivity index (χ1) is 14.9. The highest BCUT2D eigenvalue weighted by Crippen LogP contribution is 2.36. The quantitative estimate of drug-likeness (QED) is 0.357. The summed E-state index contributed by atoms with van der Waals surface area (Å²) in [6.45, 7) is 7.53. The number of nitrogens with zero attached hydrogens (tertiary/aromatic N) is 3. The van der Waals surface area contributed by atoms with E-state index in [1.807, 2.05) is 12.1 Å². The summed E-state index contributed by atoms with van der Waals surface area (Å²) in [5.41, 5.74) is 0.538. The van der Waals surface area contributed by atoms with Crippen LogP contribution < -0.4 is 15.1 Å². The van der Waals surface area contributed by atoms with E-state index in [0.29, 0.717) is 24.6 Å². The van der Waals surface area contributed by atoms with E-state index >= 15 is 0 Å². The Bertz CT molecular complexity index is 1100. The van der Waals surface area contributed by atoms with Gasteiger partial charge in [-0.2, -0.15) is 5.10 Å². The van der Waals surface area contributed by atoms with Gasteiger partial charge in [-0.25, -0.2) is 9.50 Å². The topological polar surface area (TPSA) is 68.9 Å². The summed E-state index contributed by atoms with van der Waals surface area (Å²) in [6.07, 6.45) is 4.57. The van der Waals surface area contributed by atoms with Gasteiger partial charge in [0.25, 0.3) is 8.32 Å². The van der Waals surface area contributed by atoms with E-state index in [4.69, 9.17) is 9.16 Å². The summed E-state index contributed by atoms with van der Waals surface area (Å²) in [5, 5.41) is 16.2. The molecule has 2 heterocycles. The fourth-order valence-corrected chi connectivity index (χ4v) is 8.58. The van der Waals surface area contributed by atoms with Crippen LogP contribution in [0.1, 0.15) is 20.8 Å². The molecular formula is C24H27N3O3Si. The molecule has 0 aliphatic rings. The first-order valence-electron chi connectivity index (χ1n) is 10.3. The maximum atomic E-state index is 9.72. The van der Waals surface area contributed by atoms with Gasteiger partial charge >= 0.3 is 0 Å². The summed E-state index contributed by atoms with van der Waals surface area (Å²) < 4.78 is 14.2. The van der Waals surface area contributed by atoms with Crippen LogP contribution in [0.4, 0.5) is 0 Å². The lowest BCUT2D eigenvalue weighted by atomic mass is 10.2. The van der Waals surface area contributed by atoms with Crippen LogP contribution in [0.2, 0.25) is 5.04 Å². The zero-order valence-electron chi connectivity index (χ0n) is 18.0. The minimum Gasteiger partial charge on any atom is -0.504 e. The molecule has 0 bridgehead atoms. The van der Waals surface area contributed by atoms with Crippen molar-refractivity contribution in [2.24, 2.45) is 0 Å². The second kappa shape index (κ2) is 8.53. The van der Waals surface area contributed by atoms with E-state index in [-0.39, 0.29) is 10.8 Å². The van der Waals surface area contributed by atoms with Crippen molar-refractivity contribution < 1.29 is 14.3 Å². The second-order valence-corrected chi connectivity index (χ2v) is 12.8. The third-order valence-corrected chi connectivity index (χ3v) is 10.5. The van der Waals surface area contributed by atoms with E-state index < -0.39 is 8.32 Å². The van der Waals surface area contributed by atoms with Gasteiger partial charge in [-0.15, -0.1) is 0 Å². The Labute approximate surface area is 183 Å². The molecule has 160 valence electrons. The van der Waals surface area contributed by atoms with E-state index in [1.165, 1.54) is 16.6 Å². The minimum absolute atomic E-state index is 0.0839. The molecule has 0 amide bonds. The Morgan fingerprint density at radius 1 is 0.903 bits per heavy atom. The van der Waals surface area contributed by atoms with Crippen LogP contribution in [0, 0.1) is 0 Å². The normalized spacial score (nSPS) is 12.2. The lowest BCUT2D eigenvalue weighted by Crippen LogP contribution is -2.66. The van der Waals surface area contributed by atoms with Crippen molar-refractivity contribution in [1.82, 2.24) is 14.6 Å². The van der Waals surface area contributed by atoms with Gasteiger partial charge in [-0.05, 0) is 15.4 Å². The summed E-state index contributed by atoms with van der Waals surface area (Å²) >= 11 is 0. The van der Waals surface area contributed by atoms with Gasteiger partial charge in [-0.3, -0.25) is 0 Å². The molecular weight excluding hydrogens is 406 g/mol. The lowest BCUT2D eigenvalue weighted by Gasteiger charge is -2.43. The number of fused-ring (bicyclic) bond motifs is 1. The molecule has 0 radical (unpaired) electrons. The smallest absolute Gasteiger partial charge is 0.261 e. The van der Waals surface area contributed by atoms with Crippen molar-refractivity contribution in [2.45, 2.75) is 25.8 Å². The van der Waals surface area contributed by atoms with Gasteiger partial charge in [-0.1, -0.05) is 81.4 Å². The van der Waals surface area contributed by atoms with Crippen molar-refractivity contribution in [3.05, 3.63) is 79.3 Å². The molecule has 2 aromatic heterocycles. The Kier molecular flexibility index (Phi) is 5.80. The number of rotatable bonds is 7. The van der Waals surface area contributed by atoms with Gasteiger partial charge in [0.15, 0.2) is 5.75 Å². The van der Waals surface area contributed by atoms with E-state index in [0.717, 1.165) is 0 Å². The molecule has 0 spiro atoms. The van der Waals surface area contributed by atoms with Crippen molar-refractivity contribution >= 4 is 24.2 Å². The van der Waals surface area contributed by atoms with Crippen LogP contribution in [0.15, 0.2) is 79.3 Å². The summed E-state index contributed by atoms with van der Waals surface area (Å²) in [6, 6.07) is 21.1. The molecule has 7 heteroatoms. The molecule has 0 saturated carbocycles. The second-order valence-electron chi connectivity index (χ2n) is 8.45. The SMILES string of the molecule is CC(C)(C)[Si](OCCOc1cn2ncc(O)c2cn1)(c1ccccc1)c1ccccc1. The van der Waals surface area contributed by atoms with Crippen LogP contribution in [0.5, 0.6) is 11.6 Å². The van der Waals surface area contributed by atoms with Crippen molar-refractivity contribution in [3.63, 3.8) is 0 Å². The molecule has 0 atom stereocenters. The van der Waals surface area contributed by atoms with Gasteiger partial charge in [0.2, 0.25) is 5.88 Å². The fourth-order valence-electron chi connectivity index (χ4n) is 4.03. The molecule has 31 heavy (non-hydrogen) atoms. The van der Waals surface area contributed by atoms with Crippen molar-refractivity contribution in [3.8, 4) is 11.6 Å². The largest absolute Gasteiger partial charge is 0.504 e. The summed E-state index contributed by atoms with van der Waals surface area (Å²) in [5.74, 6) is 0.524. The van der Waals surface area contributed by atoms with Crippen LogP contribution in [-0.2, 0) is 4.43 Å². The molecule has 4 rings (SSSR count). The minimum atomic E-state index is -2.58. The average molecular weight is 434 g/mol. The molecule has 0 fully saturated rings. The molecule has 0 aliphatic carbocycles. The van der Waals surface area contributed by atoms with Gasteiger partial charge < -0.3 is 14.3 Å². The maximum absolute atomic E-state index is 9.72. The predicted octanol–water partition coefficient (Wildman–Crippen LogP) is 3.39. The molecule has 1 N–H and O–H groups in total. The Hall–Kier alpha value is -3.16. The molecule has 4 aromatic rings. The van der Waals surface area contributed by atoms with Gasteiger partial charge in [0.05, 0.1) is 25.2 Å². The Morgan fingerprint density at radius 2 is 1.52 bits per heavy atom. The molecule has 0 saturated heterocycles. The number of hydrogen-bond acceptors (Lipinski definition) is 5. The van der Waals surface area contributed by atoms with Crippen LogP contribution in [0.25, 0.3) is 5.52 Å². The first kappa shape index (κ1) is 21.1. The standard InChI is InChI=1S/C24H27N3O3Si/c1-24(2,3)31(19-10-6-4-7-11-19,20-12-8-5-9-13-20)30-15-14-29-23-18-27-21(16-25-23)22(28)17-26-27/h4-13,16-18,28H,14-15H2,1-3H3. The highest BCUT2D eigenvalue weighted by atomic mass is 28.4. The molecule has 0 unspecified atom stereocenters. The van der Waals surface area contributed by atoms with Gasteiger partial charge in [0.1, 0.15) is 12.1 Å².